The van der Waals surface area contributed by atoms with E-state index in [0.717, 1.165) is 42.5 Å². The second kappa shape index (κ2) is 7.85. The molecule has 0 bridgehead atoms. The first kappa shape index (κ1) is 18.2. The normalized spacial score (nSPS) is 18.9. The number of hydrogen-bond donors (Lipinski definition) is 2. The Hall–Kier alpha value is -2.14. The standard InChI is InChI=1S/C22H30N4O/c1-15(27)17-8-9-19-14-26(11-10-18(19)12-17)22-13-21(23-16(2)24-22)25-20-6-4-3-5-7-20/h8-9,12-13,15,20,27H,3-7,10-11,14H2,1-2H3,(H,23,24,25)/t15-/m1/s1. The van der Waals surface area contributed by atoms with Gasteiger partial charge in [0.25, 0.3) is 0 Å². The van der Waals surface area contributed by atoms with E-state index in [0.29, 0.717) is 6.04 Å². The Morgan fingerprint density at radius 1 is 1.11 bits per heavy atom. The van der Waals surface area contributed by atoms with E-state index in [1.807, 2.05) is 19.9 Å². The Bertz CT molecular complexity index is 799. The molecule has 2 heterocycles. The smallest absolute Gasteiger partial charge is 0.134 e. The molecule has 2 N–H and O–H groups in total. The van der Waals surface area contributed by atoms with Crippen molar-refractivity contribution >= 4 is 11.6 Å². The highest BCUT2D eigenvalue weighted by Crippen LogP contribution is 2.28. The molecule has 2 aliphatic rings. The summed E-state index contributed by atoms with van der Waals surface area (Å²) in [7, 11) is 0. The fourth-order valence-electron chi connectivity index (χ4n) is 4.27. The molecule has 144 valence electrons. The van der Waals surface area contributed by atoms with Crippen LogP contribution in [0, 0.1) is 6.92 Å². The summed E-state index contributed by atoms with van der Waals surface area (Å²) in [6.45, 7) is 5.59. The lowest BCUT2D eigenvalue weighted by molar-refractivity contribution is 0.199. The van der Waals surface area contributed by atoms with Gasteiger partial charge in [0.1, 0.15) is 17.5 Å². The van der Waals surface area contributed by atoms with Crippen LogP contribution in [0.25, 0.3) is 0 Å². The molecule has 0 amide bonds. The monoisotopic (exact) mass is 366 g/mol. The van der Waals surface area contributed by atoms with Crippen LogP contribution in [0.2, 0.25) is 0 Å². The summed E-state index contributed by atoms with van der Waals surface area (Å²) < 4.78 is 0. The predicted octanol–water partition coefficient (Wildman–Crippen LogP) is 4.15. The maximum Gasteiger partial charge on any atom is 0.134 e. The summed E-state index contributed by atoms with van der Waals surface area (Å²) in [5, 5.41) is 13.5. The number of aliphatic hydroxyl groups is 1. The number of anilines is 2. The third-order valence-corrected chi connectivity index (χ3v) is 5.83. The van der Waals surface area contributed by atoms with Crippen molar-refractivity contribution in [2.24, 2.45) is 0 Å². The highest BCUT2D eigenvalue weighted by atomic mass is 16.3. The van der Waals surface area contributed by atoms with Crippen molar-refractivity contribution in [1.82, 2.24) is 9.97 Å². The highest BCUT2D eigenvalue weighted by Gasteiger charge is 2.20. The Morgan fingerprint density at radius 3 is 2.70 bits per heavy atom. The largest absolute Gasteiger partial charge is 0.389 e. The van der Waals surface area contributed by atoms with Crippen molar-refractivity contribution in [3.63, 3.8) is 0 Å². The fourth-order valence-corrected chi connectivity index (χ4v) is 4.27. The van der Waals surface area contributed by atoms with Crippen LogP contribution in [0.15, 0.2) is 24.3 Å². The van der Waals surface area contributed by atoms with Gasteiger partial charge in [-0.3, -0.25) is 0 Å². The van der Waals surface area contributed by atoms with Crippen LogP contribution in [0.5, 0.6) is 0 Å². The van der Waals surface area contributed by atoms with Crippen LogP contribution < -0.4 is 10.2 Å². The molecule has 1 aliphatic carbocycles. The van der Waals surface area contributed by atoms with E-state index in [1.165, 1.54) is 43.2 Å². The second-order valence-corrected chi connectivity index (χ2v) is 8.01. The van der Waals surface area contributed by atoms with Gasteiger partial charge < -0.3 is 15.3 Å². The summed E-state index contributed by atoms with van der Waals surface area (Å²) >= 11 is 0. The Labute approximate surface area is 161 Å². The van der Waals surface area contributed by atoms with Crippen LogP contribution in [0.4, 0.5) is 11.6 Å². The molecule has 1 saturated carbocycles. The van der Waals surface area contributed by atoms with Gasteiger partial charge in [0.15, 0.2) is 0 Å². The summed E-state index contributed by atoms with van der Waals surface area (Å²) in [6, 6.07) is 8.99. The lowest BCUT2D eigenvalue weighted by Crippen LogP contribution is -2.31. The van der Waals surface area contributed by atoms with Crippen molar-refractivity contribution in [1.29, 1.82) is 0 Å². The minimum Gasteiger partial charge on any atom is -0.389 e. The zero-order valence-electron chi connectivity index (χ0n) is 16.4. The molecule has 1 fully saturated rings. The number of nitrogens with one attached hydrogen (secondary N) is 1. The van der Waals surface area contributed by atoms with Crippen molar-refractivity contribution in [2.45, 2.75) is 71.1 Å². The van der Waals surface area contributed by atoms with E-state index in [-0.39, 0.29) is 0 Å². The Kier molecular flexibility index (Phi) is 5.30. The van der Waals surface area contributed by atoms with E-state index >= 15 is 0 Å². The number of aliphatic hydroxyl groups excluding tert-OH is 1. The van der Waals surface area contributed by atoms with Crippen molar-refractivity contribution in [3.05, 3.63) is 46.8 Å². The summed E-state index contributed by atoms with van der Waals surface area (Å²) in [6.07, 6.45) is 7.02. The van der Waals surface area contributed by atoms with Gasteiger partial charge in [0.05, 0.1) is 6.10 Å². The third-order valence-electron chi connectivity index (χ3n) is 5.83. The van der Waals surface area contributed by atoms with E-state index < -0.39 is 6.10 Å². The molecule has 4 rings (SSSR count). The molecule has 5 nitrogen and oxygen atoms in total. The van der Waals surface area contributed by atoms with Crippen LogP contribution in [-0.4, -0.2) is 27.7 Å². The molecular weight excluding hydrogens is 336 g/mol. The number of aryl methyl sites for hydroxylation is 1. The third kappa shape index (κ3) is 4.24. The molecule has 0 saturated heterocycles. The lowest BCUT2D eigenvalue weighted by Gasteiger charge is -2.31. The number of rotatable bonds is 4. The molecule has 1 aliphatic heterocycles. The first-order valence-electron chi connectivity index (χ1n) is 10.3. The first-order valence-corrected chi connectivity index (χ1v) is 10.3. The zero-order valence-corrected chi connectivity index (χ0v) is 16.4. The quantitative estimate of drug-likeness (QED) is 0.851. The minimum atomic E-state index is -0.411. The van der Waals surface area contributed by atoms with Gasteiger partial charge in [-0.1, -0.05) is 37.5 Å². The second-order valence-electron chi connectivity index (χ2n) is 8.01. The first-order chi connectivity index (χ1) is 13.1. The number of benzene rings is 1. The summed E-state index contributed by atoms with van der Waals surface area (Å²) in [5.41, 5.74) is 3.67. The Balaban J connectivity index is 1.51. The molecule has 0 radical (unpaired) electrons. The zero-order chi connectivity index (χ0) is 18.8. The molecule has 1 aromatic heterocycles. The number of fused-ring (bicyclic) bond motifs is 1. The topological polar surface area (TPSA) is 61.3 Å². The van der Waals surface area contributed by atoms with Gasteiger partial charge in [-0.2, -0.15) is 0 Å². The molecule has 1 aromatic carbocycles. The van der Waals surface area contributed by atoms with Gasteiger partial charge in [-0.15, -0.1) is 0 Å². The molecule has 0 spiro atoms. The van der Waals surface area contributed by atoms with Crippen LogP contribution >= 0.6 is 0 Å². The SMILES string of the molecule is Cc1nc(NC2CCCCC2)cc(N2CCc3cc([C@@H](C)O)ccc3C2)n1. The average Bonchev–Trinajstić information content (AvgIpc) is 2.67. The van der Waals surface area contributed by atoms with Crippen molar-refractivity contribution in [3.8, 4) is 0 Å². The van der Waals surface area contributed by atoms with Gasteiger partial charge >= 0.3 is 0 Å². The maximum absolute atomic E-state index is 9.82. The highest BCUT2D eigenvalue weighted by molar-refractivity contribution is 5.52. The van der Waals surface area contributed by atoms with E-state index in [9.17, 15) is 5.11 Å². The number of hydrogen-bond acceptors (Lipinski definition) is 5. The molecule has 1 atom stereocenters. The van der Waals surface area contributed by atoms with E-state index in [4.69, 9.17) is 4.98 Å². The minimum absolute atomic E-state index is 0.411. The molecule has 5 heteroatoms. The number of aromatic nitrogens is 2. The molecule has 2 aromatic rings. The van der Waals surface area contributed by atoms with Crippen LogP contribution in [0.3, 0.4) is 0 Å². The average molecular weight is 367 g/mol. The predicted molar refractivity (Wildman–Crippen MR) is 109 cm³/mol. The van der Waals surface area contributed by atoms with Crippen LogP contribution in [-0.2, 0) is 13.0 Å². The molecule has 0 unspecified atom stereocenters. The van der Waals surface area contributed by atoms with E-state index in [1.54, 1.807) is 0 Å². The van der Waals surface area contributed by atoms with Gasteiger partial charge in [-0.25, -0.2) is 9.97 Å². The lowest BCUT2D eigenvalue weighted by atomic mass is 9.95. The summed E-state index contributed by atoms with van der Waals surface area (Å²) in [4.78, 5) is 11.7. The summed E-state index contributed by atoms with van der Waals surface area (Å²) in [5.74, 6) is 2.78. The van der Waals surface area contributed by atoms with Gasteiger partial charge in [0.2, 0.25) is 0 Å². The van der Waals surface area contributed by atoms with Gasteiger partial charge in [0, 0.05) is 25.2 Å². The van der Waals surface area contributed by atoms with Crippen LogP contribution in [0.1, 0.15) is 67.6 Å². The van der Waals surface area contributed by atoms with E-state index in [2.05, 4.69) is 33.4 Å². The fraction of sp³-hybridized carbons (Fsp3) is 0.545. The molecular formula is C22H30N4O. The molecule has 27 heavy (non-hydrogen) atoms. The van der Waals surface area contributed by atoms with Gasteiger partial charge in [-0.05, 0) is 49.8 Å². The maximum atomic E-state index is 9.82. The Morgan fingerprint density at radius 2 is 1.93 bits per heavy atom. The van der Waals surface area contributed by atoms with Crippen molar-refractivity contribution in [2.75, 3.05) is 16.8 Å². The van der Waals surface area contributed by atoms with Crippen molar-refractivity contribution < 1.29 is 5.11 Å². The number of nitrogens with zero attached hydrogens (tertiary/aromatic N) is 3.